The van der Waals surface area contributed by atoms with E-state index in [-0.39, 0.29) is 25.9 Å². The fourth-order valence-corrected chi connectivity index (χ4v) is 4.20. The second-order valence-corrected chi connectivity index (χ2v) is 9.64. The molecule has 0 saturated carbocycles. The zero-order chi connectivity index (χ0) is 23.4. The van der Waals surface area contributed by atoms with Gasteiger partial charge in [-0.25, -0.2) is 8.42 Å². The second-order valence-electron chi connectivity index (χ2n) is 7.29. The molecule has 3 aromatic carbocycles. The summed E-state index contributed by atoms with van der Waals surface area (Å²) in [7, 11) is -3.53. The lowest BCUT2D eigenvalue weighted by atomic mass is 10.2. The summed E-state index contributed by atoms with van der Waals surface area (Å²) in [5, 5.41) is 3.30. The number of benzene rings is 3. The first kappa shape index (κ1) is 22.8. The van der Waals surface area contributed by atoms with E-state index >= 15 is 0 Å². The van der Waals surface area contributed by atoms with Crippen LogP contribution in [0.4, 0.5) is 11.4 Å². The van der Waals surface area contributed by atoms with E-state index in [0.29, 0.717) is 33.6 Å². The quantitative estimate of drug-likeness (QED) is 0.514. The molecule has 1 aliphatic rings. The van der Waals surface area contributed by atoms with E-state index in [4.69, 9.17) is 25.8 Å². The lowest BCUT2D eigenvalue weighted by Gasteiger charge is -2.23. The number of anilines is 2. The Morgan fingerprint density at radius 2 is 1.73 bits per heavy atom. The zero-order valence-electron chi connectivity index (χ0n) is 17.7. The fraction of sp³-hybridized carbons (Fsp3) is 0.174. The molecular formula is C23H21ClN2O6S. The average Bonchev–Trinajstić information content (AvgIpc) is 3.25. The van der Waals surface area contributed by atoms with Crippen LogP contribution in [0.5, 0.6) is 17.2 Å². The minimum Gasteiger partial charge on any atom is -0.484 e. The normalized spacial score (nSPS) is 12.3. The van der Waals surface area contributed by atoms with E-state index < -0.39 is 10.0 Å². The molecule has 8 nitrogen and oxygen atoms in total. The maximum absolute atomic E-state index is 12.3. The monoisotopic (exact) mass is 488 g/mol. The third-order valence-electron chi connectivity index (χ3n) is 4.79. The number of hydrogen-bond donors (Lipinski definition) is 1. The number of sulfonamides is 1. The molecule has 1 N–H and O–H groups in total. The van der Waals surface area contributed by atoms with Gasteiger partial charge in [-0.3, -0.25) is 9.10 Å². The maximum atomic E-state index is 12.3. The van der Waals surface area contributed by atoms with Crippen LogP contribution >= 0.6 is 11.6 Å². The molecule has 0 bridgehead atoms. The molecule has 0 unspecified atom stereocenters. The lowest BCUT2D eigenvalue weighted by molar-refractivity contribution is -0.118. The maximum Gasteiger partial charge on any atom is 0.262 e. The molecule has 0 aromatic heterocycles. The van der Waals surface area contributed by atoms with Crippen molar-refractivity contribution in [3.63, 3.8) is 0 Å². The Hall–Kier alpha value is -3.43. The molecule has 0 fully saturated rings. The third kappa shape index (κ3) is 5.88. The van der Waals surface area contributed by atoms with Gasteiger partial charge in [0.05, 0.1) is 18.5 Å². The van der Waals surface area contributed by atoms with Crippen molar-refractivity contribution in [3.8, 4) is 17.2 Å². The van der Waals surface area contributed by atoms with Gasteiger partial charge in [-0.1, -0.05) is 23.7 Å². The smallest absolute Gasteiger partial charge is 0.262 e. The number of hydrogen-bond acceptors (Lipinski definition) is 6. The Labute approximate surface area is 196 Å². The summed E-state index contributed by atoms with van der Waals surface area (Å²) in [5.41, 5.74) is 1.84. The predicted octanol–water partition coefficient (Wildman–Crippen LogP) is 4.05. The molecule has 0 spiro atoms. The summed E-state index contributed by atoms with van der Waals surface area (Å²) in [4.78, 5) is 12.2. The van der Waals surface area contributed by atoms with Crippen LogP contribution in [0.2, 0.25) is 5.02 Å². The van der Waals surface area contributed by atoms with Crippen LogP contribution in [0.3, 0.4) is 0 Å². The van der Waals surface area contributed by atoms with Crippen molar-refractivity contribution in [2.24, 2.45) is 0 Å². The number of nitrogens with zero attached hydrogens (tertiary/aromatic N) is 1. The highest BCUT2D eigenvalue weighted by molar-refractivity contribution is 7.92. The Kier molecular flexibility index (Phi) is 6.62. The number of rotatable bonds is 8. The number of ether oxygens (including phenoxy) is 3. The standard InChI is InChI=1S/C23H21ClN2O6S/c1-33(28,29)26(13-16-2-4-17(24)5-3-16)19-7-9-20(10-8-19)30-14-23(27)25-18-6-11-21-22(12-18)32-15-31-21/h2-12H,13-15H2,1H3,(H,25,27). The van der Waals surface area contributed by atoms with Crippen molar-refractivity contribution in [1.29, 1.82) is 0 Å². The van der Waals surface area contributed by atoms with Gasteiger partial charge >= 0.3 is 0 Å². The van der Waals surface area contributed by atoms with Gasteiger partial charge in [0.25, 0.3) is 5.91 Å². The fourth-order valence-electron chi connectivity index (χ4n) is 3.18. The molecule has 1 amide bonds. The van der Waals surface area contributed by atoms with Crippen LogP contribution in [0.25, 0.3) is 0 Å². The Bertz CT molecular complexity index is 1250. The molecule has 172 valence electrons. The first-order valence-electron chi connectivity index (χ1n) is 9.92. The molecule has 0 radical (unpaired) electrons. The first-order chi connectivity index (χ1) is 15.8. The minimum atomic E-state index is -3.53. The molecule has 3 aromatic rings. The number of halogens is 1. The van der Waals surface area contributed by atoms with Crippen molar-refractivity contribution in [2.45, 2.75) is 6.54 Å². The summed E-state index contributed by atoms with van der Waals surface area (Å²) < 4.78 is 42.0. The van der Waals surface area contributed by atoms with Crippen molar-refractivity contribution in [3.05, 3.63) is 77.3 Å². The number of carbonyl (C=O) groups excluding carboxylic acids is 1. The van der Waals surface area contributed by atoms with E-state index in [2.05, 4.69) is 5.32 Å². The van der Waals surface area contributed by atoms with Gasteiger partial charge in [-0.2, -0.15) is 0 Å². The molecule has 0 atom stereocenters. The molecule has 4 rings (SSSR count). The van der Waals surface area contributed by atoms with Crippen LogP contribution in [0.15, 0.2) is 66.7 Å². The summed E-state index contributed by atoms with van der Waals surface area (Å²) >= 11 is 5.91. The van der Waals surface area contributed by atoms with Crippen LogP contribution in [-0.2, 0) is 21.4 Å². The highest BCUT2D eigenvalue weighted by Gasteiger charge is 2.18. The highest BCUT2D eigenvalue weighted by Crippen LogP contribution is 2.34. The van der Waals surface area contributed by atoms with Gasteiger partial charge in [0.1, 0.15) is 5.75 Å². The Morgan fingerprint density at radius 1 is 1.03 bits per heavy atom. The van der Waals surface area contributed by atoms with Crippen LogP contribution in [0, 0.1) is 0 Å². The Morgan fingerprint density at radius 3 is 2.42 bits per heavy atom. The van der Waals surface area contributed by atoms with Crippen molar-refractivity contribution >= 4 is 38.9 Å². The summed E-state index contributed by atoms with van der Waals surface area (Å²) in [6, 6.07) is 18.6. The largest absolute Gasteiger partial charge is 0.484 e. The van der Waals surface area contributed by atoms with E-state index in [1.807, 2.05) is 0 Å². The topological polar surface area (TPSA) is 94.2 Å². The molecule has 10 heteroatoms. The average molecular weight is 489 g/mol. The van der Waals surface area contributed by atoms with E-state index in [0.717, 1.165) is 11.8 Å². The van der Waals surface area contributed by atoms with Crippen molar-refractivity contribution in [1.82, 2.24) is 0 Å². The van der Waals surface area contributed by atoms with E-state index in [1.165, 1.54) is 4.31 Å². The summed E-state index contributed by atoms with van der Waals surface area (Å²) in [6.07, 6.45) is 1.15. The molecule has 33 heavy (non-hydrogen) atoms. The highest BCUT2D eigenvalue weighted by atomic mass is 35.5. The van der Waals surface area contributed by atoms with Crippen LogP contribution in [-0.4, -0.2) is 34.0 Å². The third-order valence-corrected chi connectivity index (χ3v) is 6.18. The number of nitrogens with one attached hydrogen (secondary N) is 1. The summed E-state index contributed by atoms with van der Waals surface area (Å²) in [5.74, 6) is 1.28. The van der Waals surface area contributed by atoms with Gasteiger partial charge < -0.3 is 19.5 Å². The van der Waals surface area contributed by atoms with Gasteiger partial charge in [0.15, 0.2) is 18.1 Å². The zero-order valence-corrected chi connectivity index (χ0v) is 19.2. The minimum absolute atomic E-state index is 0.155. The lowest BCUT2D eigenvalue weighted by Crippen LogP contribution is -2.29. The van der Waals surface area contributed by atoms with Gasteiger partial charge in [0.2, 0.25) is 16.8 Å². The number of fused-ring (bicyclic) bond motifs is 1. The van der Waals surface area contributed by atoms with Crippen molar-refractivity contribution in [2.75, 3.05) is 29.3 Å². The van der Waals surface area contributed by atoms with Crippen LogP contribution < -0.4 is 23.8 Å². The SMILES string of the molecule is CS(=O)(=O)N(Cc1ccc(Cl)cc1)c1ccc(OCC(=O)Nc2ccc3c(c2)OCO3)cc1. The molecule has 0 saturated heterocycles. The number of carbonyl (C=O) groups is 1. The molecule has 0 aliphatic carbocycles. The van der Waals surface area contributed by atoms with Gasteiger partial charge in [-0.15, -0.1) is 0 Å². The second kappa shape index (κ2) is 9.60. The number of amides is 1. The molecule has 1 aliphatic heterocycles. The summed E-state index contributed by atoms with van der Waals surface area (Å²) in [6.45, 7) is 0.102. The van der Waals surface area contributed by atoms with Crippen molar-refractivity contribution < 1.29 is 27.4 Å². The Balaban J connectivity index is 1.37. The van der Waals surface area contributed by atoms with Gasteiger partial charge in [-0.05, 0) is 54.1 Å². The first-order valence-corrected chi connectivity index (χ1v) is 12.1. The predicted molar refractivity (Wildman–Crippen MR) is 126 cm³/mol. The molecule has 1 heterocycles. The van der Waals surface area contributed by atoms with Gasteiger partial charge in [0, 0.05) is 16.8 Å². The molecular weight excluding hydrogens is 468 g/mol. The van der Waals surface area contributed by atoms with Crippen LogP contribution in [0.1, 0.15) is 5.56 Å². The van der Waals surface area contributed by atoms with E-state index in [1.54, 1.807) is 66.7 Å². The van der Waals surface area contributed by atoms with E-state index in [9.17, 15) is 13.2 Å².